The fourth-order valence-corrected chi connectivity index (χ4v) is 4.86. The minimum Gasteiger partial charge on any atom is -0.337 e. The SMILES string of the molecule is C=CCNC(=O)Nc1ccc(NC(=O)C2CCN(S(=O)(=O)c3cn(C)c(C)n3)CC2)cc1. The van der Waals surface area contributed by atoms with E-state index in [0.717, 1.165) is 0 Å². The number of urea groups is 1. The van der Waals surface area contributed by atoms with E-state index in [-0.39, 0.29) is 36.0 Å². The summed E-state index contributed by atoms with van der Waals surface area (Å²) >= 11 is 0. The summed E-state index contributed by atoms with van der Waals surface area (Å²) in [7, 11) is -1.92. The zero-order valence-corrected chi connectivity index (χ0v) is 19.0. The van der Waals surface area contributed by atoms with Gasteiger partial charge in [-0.2, -0.15) is 4.31 Å². The van der Waals surface area contributed by atoms with Crippen LogP contribution in [0.1, 0.15) is 18.7 Å². The molecule has 1 fully saturated rings. The Labute approximate surface area is 187 Å². The molecule has 10 nitrogen and oxygen atoms in total. The summed E-state index contributed by atoms with van der Waals surface area (Å²) < 4.78 is 28.6. The van der Waals surface area contributed by atoms with Gasteiger partial charge in [0.05, 0.1) is 0 Å². The Hall–Kier alpha value is -3.18. The van der Waals surface area contributed by atoms with Crippen LogP contribution >= 0.6 is 0 Å². The lowest BCUT2D eigenvalue weighted by Crippen LogP contribution is -2.41. The number of aromatic nitrogens is 2. The van der Waals surface area contributed by atoms with E-state index in [9.17, 15) is 18.0 Å². The highest BCUT2D eigenvalue weighted by Gasteiger charge is 2.33. The van der Waals surface area contributed by atoms with E-state index >= 15 is 0 Å². The van der Waals surface area contributed by atoms with E-state index in [1.165, 1.54) is 10.5 Å². The first-order chi connectivity index (χ1) is 15.2. The van der Waals surface area contributed by atoms with Gasteiger partial charge in [-0.3, -0.25) is 4.79 Å². The number of carbonyl (C=O) groups is 2. The zero-order chi connectivity index (χ0) is 23.3. The third kappa shape index (κ3) is 5.54. The van der Waals surface area contributed by atoms with E-state index in [4.69, 9.17) is 0 Å². The Balaban J connectivity index is 1.52. The second kappa shape index (κ2) is 9.96. The molecule has 1 aromatic heterocycles. The number of sulfonamides is 1. The van der Waals surface area contributed by atoms with Gasteiger partial charge in [-0.25, -0.2) is 18.2 Å². The van der Waals surface area contributed by atoms with Crippen LogP contribution in [0.2, 0.25) is 0 Å². The monoisotopic (exact) mass is 460 g/mol. The van der Waals surface area contributed by atoms with E-state index < -0.39 is 10.0 Å². The number of rotatable bonds is 7. The maximum absolute atomic E-state index is 12.8. The second-order valence-corrected chi connectivity index (χ2v) is 9.49. The van der Waals surface area contributed by atoms with Crippen molar-refractivity contribution >= 4 is 33.3 Å². The van der Waals surface area contributed by atoms with Crippen molar-refractivity contribution in [1.82, 2.24) is 19.2 Å². The Morgan fingerprint density at radius 1 is 1.16 bits per heavy atom. The summed E-state index contributed by atoms with van der Waals surface area (Å²) in [5, 5.41) is 8.18. The van der Waals surface area contributed by atoms with Gasteiger partial charge in [0, 0.05) is 50.2 Å². The molecule has 0 saturated carbocycles. The number of piperidine rings is 1. The van der Waals surface area contributed by atoms with Crippen molar-refractivity contribution in [2.24, 2.45) is 13.0 Å². The maximum atomic E-state index is 12.8. The van der Waals surface area contributed by atoms with Gasteiger partial charge in [0.2, 0.25) is 5.91 Å². The van der Waals surface area contributed by atoms with Gasteiger partial charge >= 0.3 is 6.03 Å². The third-order valence-corrected chi connectivity index (χ3v) is 7.10. The number of imidazole rings is 1. The maximum Gasteiger partial charge on any atom is 0.319 e. The first-order valence-corrected chi connectivity index (χ1v) is 11.7. The molecule has 0 unspecified atom stereocenters. The summed E-state index contributed by atoms with van der Waals surface area (Å²) in [6.45, 7) is 6.17. The Kier molecular flexibility index (Phi) is 7.31. The fourth-order valence-electron chi connectivity index (χ4n) is 3.36. The van der Waals surface area contributed by atoms with Gasteiger partial charge in [0.1, 0.15) is 5.82 Å². The number of aryl methyl sites for hydroxylation is 2. The number of carbonyl (C=O) groups excluding carboxylic acids is 2. The summed E-state index contributed by atoms with van der Waals surface area (Å²) in [5.41, 5.74) is 1.19. The third-order valence-electron chi connectivity index (χ3n) is 5.33. The topological polar surface area (TPSA) is 125 Å². The van der Waals surface area contributed by atoms with Gasteiger partial charge in [-0.15, -0.1) is 6.58 Å². The van der Waals surface area contributed by atoms with Crippen LogP contribution in [-0.4, -0.2) is 53.8 Å². The molecule has 0 spiro atoms. The minimum absolute atomic E-state index is 0.0345. The van der Waals surface area contributed by atoms with Crippen LogP contribution < -0.4 is 16.0 Å². The molecule has 0 atom stereocenters. The van der Waals surface area contributed by atoms with Crippen molar-refractivity contribution in [2.75, 3.05) is 30.3 Å². The predicted molar refractivity (Wildman–Crippen MR) is 122 cm³/mol. The van der Waals surface area contributed by atoms with E-state index in [1.807, 2.05) is 0 Å². The Bertz CT molecular complexity index is 1070. The molecule has 3 N–H and O–H groups in total. The second-order valence-electron chi connectivity index (χ2n) is 7.61. The quantitative estimate of drug-likeness (QED) is 0.546. The van der Waals surface area contributed by atoms with Gasteiger partial charge in [-0.05, 0) is 44.0 Å². The number of nitrogens with one attached hydrogen (secondary N) is 3. The van der Waals surface area contributed by atoms with Crippen molar-refractivity contribution in [3.05, 3.63) is 48.9 Å². The number of hydrogen-bond acceptors (Lipinski definition) is 5. The number of amides is 3. The molecule has 1 saturated heterocycles. The number of hydrogen-bond donors (Lipinski definition) is 3. The zero-order valence-electron chi connectivity index (χ0n) is 18.2. The first kappa shape index (κ1) is 23.5. The molecule has 2 heterocycles. The lowest BCUT2D eigenvalue weighted by atomic mass is 9.97. The standard InChI is InChI=1S/C21H28N6O4S/c1-4-11-22-21(29)25-18-7-5-17(6-8-18)24-20(28)16-9-12-27(13-10-16)32(30,31)19-14-26(3)15(2)23-19/h4-8,14,16H,1,9-13H2,2-3H3,(H,24,28)(H2,22,25,29). The number of benzene rings is 1. The molecule has 0 bridgehead atoms. The molecule has 32 heavy (non-hydrogen) atoms. The largest absolute Gasteiger partial charge is 0.337 e. The van der Waals surface area contributed by atoms with Gasteiger partial charge < -0.3 is 20.5 Å². The smallest absolute Gasteiger partial charge is 0.319 e. The van der Waals surface area contributed by atoms with Crippen LogP contribution in [0.5, 0.6) is 0 Å². The highest BCUT2D eigenvalue weighted by molar-refractivity contribution is 7.89. The summed E-state index contributed by atoms with van der Waals surface area (Å²) in [6.07, 6.45) is 3.95. The average molecular weight is 461 g/mol. The normalized spacial score (nSPS) is 15.2. The highest BCUT2D eigenvalue weighted by atomic mass is 32.2. The molecule has 2 aromatic rings. The molecule has 0 radical (unpaired) electrons. The first-order valence-electron chi connectivity index (χ1n) is 10.3. The molecule has 1 aliphatic rings. The molecule has 1 aromatic carbocycles. The lowest BCUT2D eigenvalue weighted by Gasteiger charge is -2.29. The van der Waals surface area contributed by atoms with Crippen molar-refractivity contribution in [3.63, 3.8) is 0 Å². The number of anilines is 2. The predicted octanol–water partition coefficient (Wildman–Crippen LogP) is 2.08. The molecular formula is C21H28N6O4S. The summed E-state index contributed by atoms with van der Waals surface area (Å²) in [6, 6.07) is 6.43. The van der Waals surface area contributed by atoms with Crippen molar-refractivity contribution in [2.45, 2.75) is 24.8 Å². The lowest BCUT2D eigenvalue weighted by molar-refractivity contribution is -0.120. The molecule has 3 rings (SSSR count). The Morgan fingerprint density at radius 2 is 1.75 bits per heavy atom. The van der Waals surface area contributed by atoms with Gasteiger partial charge in [0.15, 0.2) is 5.03 Å². The van der Waals surface area contributed by atoms with Crippen molar-refractivity contribution < 1.29 is 18.0 Å². The van der Waals surface area contributed by atoms with Crippen LogP contribution in [0.4, 0.5) is 16.2 Å². The van der Waals surface area contributed by atoms with Crippen LogP contribution in [-0.2, 0) is 21.9 Å². The van der Waals surface area contributed by atoms with Crippen LogP contribution in [0.25, 0.3) is 0 Å². The van der Waals surface area contributed by atoms with Crippen LogP contribution in [0, 0.1) is 12.8 Å². The molecule has 11 heteroatoms. The van der Waals surface area contributed by atoms with Crippen LogP contribution in [0.15, 0.2) is 48.1 Å². The van der Waals surface area contributed by atoms with Gasteiger partial charge in [0.25, 0.3) is 10.0 Å². The highest BCUT2D eigenvalue weighted by Crippen LogP contribution is 2.25. The molecule has 172 valence electrons. The summed E-state index contributed by atoms with van der Waals surface area (Å²) in [5.74, 6) is 0.186. The molecule has 0 aliphatic carbocycles. The van der Waals surface area contributed by atoms with Gasteiger partial charge in [-0.1, -0.05) is 6.08 Å². The number of nitrogens with zero attached hydrogens (tertiary/aromatic N) is 3. The molecule has 3 amide bonds. The van der Waals surface area contributed by atoms with Crippen molar-refractivity contribution in [1.29, 1.82) is 0 Å². The fraction of sp³-hybridized carbons (Fsp3) is 0.381. The van der Waals surface area contributed by atoms with E-state index in [2.05, 4.69) is 27.5 Å². The average Bonchev–Trinajstić information content (AvgIpc) is 3.13. The van der Waals surface area contributed by atoms with E-state index in [0.29, 0.717) is 36.6 Å². The summed E-state index contributed by atoms with van der Waals surface area (Å²) in [4.78, 5) is 28.4. The van der Waals surface area contributed by atoms with E-state index in [1.54, 1.807) is 48.9 Å². The minimum atomic E-state index is -3.67. The van der Waals surface area contributed by atoms with Crippen molar-refractivity contribution in [3.8, 4) is 0 Å². The Morgan fingerprint density at radius 3 is 2.28 bits per heavy atom. The molecular weight excluding hydrogens is 432 g/mol. The van der Waals surface area contributed by atoms with Crippen LogP contribution in [0.3, 0.4) is 0 Å². The molecule has 1 aliphatic heterocycles.